The van der Waals surface area contributed by atoms with Gasteiger partial charge in [0, 0.05) is 9.90 Å². The SMILES string of the molecule is Cc1ccc(-c2cc(C(F)(F)F)c3c(C)nn(Cc4ccccc4Cl)c3n2)s1. The molecule has 0 aliphatic carbocycles. The van der Waals surface area contributed by atoms with Crippen molar-refractivity contribution in [2.24, 2.45) is 0 Å². The summed E-state index contributed by atoms with van der Waals surface area (Å²) in [6, 6.07) is 12.0. The van der Waals surface area contributed by atoms with Crippen LogP contribution in [0.5, 0.6) is 0 Å². The van der Waals surface area contributed by atoms with Gasteiger partial charge in [-0.15, -0.1) is 11.3 Å². The number of rotatable bonds is 3. The lowest BCUT2D eigenvalue weighted by Gasteiger charge is -2.11. The first-order valence-corrected chi connectivity index (χ1v) is 9.69. The third-order valence-electron chi connectivity index (χ3n) is 4.45. The number of nitrogens with zero attached hydrogens (tertiary/aromatic N) is 3. The summed E-state index contributed by atoms with van der Waals surface area (Å²) >= 11 is 7.63. The highest BCUT2D eigenvalue weighted by Crippen LogP contribution is 2.39. The molecule has 0 spiro atoms. The highest BCUT2D eigenvalue weighted by Gasteiger charge is 2.35. The second-order valence-electron chi connectivity index (χ2n) is 6.50. The van der Waals surface area contributed by atoms with Crippen molar-refractivity contribution in [1.29, 1.82) is 0 Å². The zero-order valence-corrected chi connectivity index (χ0v) is 16.6. The van der Waals surface area contributed by atoms with Gasteiger partial charge >= 0.3 is 6.18 Å². The molecule has 4 rings (SSSR count). The first-order valence-electron chi connectivity index (χ1n) is 8.49. The minimum absolute atomic E-state index is 0.0246. The molecule has 0 aliphatic rings. The van der Waals surface area contributed by atoms with Gasteiger partial charge < -0.3 is 0 Å². The fraction of sp³-hybridized carbons (Fsp3) is 0.200. The van der Waals surface area contributed by atoms with Crippen LogP contribution in [0.1, 0.15) is 21.7 Å². The Balaban J connectivity index is 1.96. The number of alkyl halides is 3. The molecular weight excluding hydrogens is 407 g/mol. The van der Waals surface area contributed by atoms with Crippen LogP contribution in [-0.4, -0.2) is 14.8 Å². The van der Waals surface area contributed by atoms with E-state index in [9.17, 15) is 13.2 Å². The number of benzene rings is 1. The van der Waals surface area contributed by atoms with Crippen LogP contribution in [0.2, 0.25) is 5.02 Å². The zero-order valence-electron chi connectivity index (χ0n) is 15.0. The second kappa shape index (κ2) is 6.90. The molecule has 3 aromatic heterocycles. The summed E-state index contributed by atoms with van der Waals surface area (Å²) in [5.74, 6) is 0. The molecule has 3 nitrogen and oxygen atoms in total. The molecule has 0 fully saturated rings. The van der Waals surface area contributed by atoms with Crippen LogP contribution in [0.3, 0.4) is 0 Å². The molecule has 144 valence electrons. The number of aryl methyl sites for hydroxylation is 2. The molecule has 0 aliphatic heterocycles. The third-order valence-corrected chi connectivity index (χ3v) is 5.85. The normalized spacial score (nSPS) is 12.1. The van der Waals surface area contributed by atoms with E-state index in [1.165, 1.54) is 16.0 Å². The Morgan fingerprint density at radius 3 is 2.50 bits per heavy atom. The van der Waals surface area contributed by atoms with E-state index in [1.54, 1.807) is 25.1 Å². The number of halogens is 4. The van der Waals surface area contributed by atoms with E-state index in [0.29, 0.717) is 15.6 Å². The topological polar surface area (TPSA) is 30.7 Å². The average Bonchev–Trinajstić information content (AvgIpc) is 3.19. The van der Waals surface area contributed by atoms with Gasteiger partial charge in [0.1, 0.15) is 0 Å². The van der Waals surface area contributed by atoms with E-state index >= 15 is 0 Å². The lowest BCUT2D eigenvalue weighted by Crippen LogP contribution is -2.08. The molecule has 0 unspecified atom stereocenters. The molecule has 0 saturated heterocycles. The van der Waals surface area contributed by atoms with Gasteiger partial charge in [0.2, 0.25) is 0 Å². The van der Waals surface area contributed by atoms with Gasteiger partial charge in [0.15, 0.2) is 5.65 Å². The van der Waals surface area contributed by atoms with Crippen molar-refractivity contribution in [3.05, 3.63) is 69.2 Å². The van der Waals surface area contributed by atoms with Crippen LogP contribution in [-0.2, 0) is 12.7 Å². The highest BCUT2D eigenvalue weighted by molar-refractivity contribution is 7.15. The Morgan fingerprint density at radius 1 is 1.11 bits per heavy atom. The zero-order chi connectivity index (χ0) is 20.1. The van der Waals surface area contributed by atoms with Crippen molar-refractivity contribution in [3.8, 4) is 10.6 Å². The number of thiophene rings is 1. The van der Waals surface area contributed by atoms with Gasteiger partial charge in [-0.1, -0.05) is 29.8 Å². The van der Waals surface area contributed by atoms with Crippen LogP contribution >= 0.6 is 22.9 Å². The Kier molecular flexibility index (Phi) is 4.67. The Bertz CT molecular complexity index is 1180. The van der Waals surface area contributed by atoms with Crippen molar-refractivity contribution >= 4 is 34.0 Å². The lowest BCUT2D eigenvalue weighted by molar-refractivity contribution is -0.136. The molecule has 0 amide bonds. The largest absolute Gasteiger partial charge is 0.417 e. The monoisotopic (exact) mass is 421 g/mol. The maximum Gasteiger partial charge on any atom is 0.417 e. The minimum atomic E-state index is -4.51. The second-order valence-corrected chi connectivity index (χ2v) is 8.19. The molecule has 0 N–H and O–H groups in total. The maximum atomic E-state index is 13.8. The van der Waals surface area contributed by atoms with E-state index in [-0.39, 0.29) is 23.3 Å². The maximum absolute atomic E-state index is 13.8. The molecule has 28 heavy (non-hydrogen) atoms. The van der Waals surface area contributed by atoms with Crippen molar-refractivity contribution in [2.75, 3.05) is 0 Å². The first-order chi connectivity index (χ1) is 13.2. The van der Waals surface area contributed by atoms with E-state index in [4.69, 9.17) is 11.6 Å². The first kappa shape index (κ1) is 19.0. The standard InChI is InChI=1S/C20H15ClF3N3S/c1-11-7-8-17(28-11)16-9-14(20(22,23)24)18-12(2)26-27(19(18)25-16)10-13-5-3-4-6-15(13)21/h3-9H,10H2,1-2H3. The third kappa shape index (κ3) is 3.40. The summed E-state index contributed by atoms with van der Waals surface area (Å²) in [5.41, 5.74) is 0.824. The number of hydrogen-bond donors (Lipinski definition) is 0. The summed E-state index contributed by atoms with van der Waals surface area (Å²) in [5, 5.41) is 4.90. The Labute approximate surface area is 168 Å². The summed E-state index contributed by atoms with van der Waals surface area (Å²) in [7, 11) is 0. The summed E-state index contributed by atoms with van der Waals surface area (Å²) in [6.45, 7) is 3.71. The van der Waals surface area contributed by atoms with Crippen LogP contribution in [0.25, 0.3) is 21.6 Å². The quantitative estimate of drug-likeness (QED) is 0.378. The smallest absolute Gasteiger partial charge is 0.242 e. The van der Waals surface area contributed by atoms with Crippen LogP contribution in [0, 0.1) is 13.8 Å². The molecule has 0 saturated carbocycles. The molecule has 0 bridgehead atoms. The highest BCUT2D eigenvalue weighted by atomic mass is 35.5. The van der Waals surface area contributed by atoms with Crippen molar-refractivity contribution < 1.29 is 13.2 Å². The number of fused-ring (bicyclic) bond motifs is 1. The fourth-order valence-electron chi connectivity index (χ4n) is 3.17. The summed E-state index contributed by atoms with van der Waals surface area (Å²) in [4.78, 5) is 6.24. The molecule has 0 atom stereocenters. The van der Waals surface area contributed by atoms with Gasteiger partial charge in [-0.05, 0) is 43.7 Å². The van der Waals surface area contributed by atoms with Gasteiger partial charge in [-0.3, -0.25) is 0 Å². The fourth-order valence-corrected chi connectivity index (χ4v) is 4.20. The van der Waals surface area contributed by atoms with Crippen LogP contribution in [0.15, 0.2) is 42.5 Å². The number of hydrogen-bond acceptors (Lipinski definition) is 3. The predicted octanol–water partition coefficient (Wildman–Crippen LogP) is 6.50. The van der Waals surface area contributed by atoms with Gasteiger partial charge in [0.25, 0.3) is 0 Å². The molecule has 0 radical (unpaired) electrons. The van der Waals surface area contributed by atoms with Crippen LogP contribution in [0.4, 0.5) is 13.2 Å². The van der Waals surface area contributed by atoms with Crippen molar-refractivity contribution in [3.63, 3.8) is 0 Å². The van der Waals surface area contributed by atoms with Gasteiger partial charge in [-0.25, -0.2) is 9.67 Å². The number of pyridine rings is 1. The number of aromatic nitrogens is 3. The predicted molar refractivity (Wildman–Crippen MR) is 106 cm³/mol. The van der Waals surface area contributed by atoms with Gasteiger partial charge in [-0.2, -0.15) is 18.3 Å². The summed E-state index contributed by atoms with van der Waals surface area (Å²) < 4.78 is 42.9. The van der Waals surface area contributed by atoms with Crippen molar-refractivity contribution in [1.82, 2.24) is 14.8 Å². The van der Waals surface area contributed by atoms with Crippen molar-refractivity contribution in [2.45, 2.75) is 26.6 Å². The molecule has 8 heteroatoms. The van der Waals surface area contributed by atoms with E-state index in [0.717, 1.165) is 16.5 Å². The van der Waals surface area contributed by atoms with E-state index in [1.807, 2.05) is 25.1 Å². The summed E-state index contributed by atoms with van der Waals surface area (Å²) in [6.07, 6.45) is -4.51. The molecular formula is C20H15ClF3N3S. The molecule has 4 aromatic rings. The van der Waals surface area contributed by atoms with E-state index < -0.39 is 11.7 Å². The van der Waals surface area contributed by atoms with Crippen LogP contribution < -0.4 is 0 Å². The Morgan fingerprint density at radius 2 is 1.86 bits per heavy atom. The Hall–Kier alpha value is -2.38. The van der Waals surface area contributed by atoms with Gasteiger partial charge in [0.05, 0.1) is 33.8 Å². The minimum Gasteiger partial charge on any atom is -0.242 e. The lowest BCUT2D eigenvalue weighted by atomic mass is 10.1. The molecule has 3 heterocycles. The molecule has 1 aromatic carbocycles. The van der Waals surface area contributed by atoms with E-state index in [2.05, 4.69) is 10.1 Å². The average molecular weight is 422 g/mol.